The van der Waals surface area contributed by atoms with Gasteiger partial charge in [0.2, 0.25) is 0 Å². The summed E-state index contributed by atoms with van der Waals surface area (Å²) >= 11 is 9.70. The Hall–Kier alpha value is -0.600. The fourth-order valence-corrected chi connectivity index (χ4v) is 2.37. The molecule has 0 amide bonds. The lowest BCUT2D eigenvalue weighted by molar-refractivity contribution is 0.637. The molecular formula is C13H13BrClN. The zero-order chi connectivity index (χ0) is 11.7. The monoisotopic (exact) mass is 297 g/mol. The van der Waals surface area contributed by atoms with Crippen LogP contribution in [0.1, 0.15) is 19.5 Å². The van der Waals surface area contributed by atoms with Crippen LogP contribution in [-0.4, -0.2) is 4.98 Å². The van der Waals surface area contributed by atoms with E-state index in [2.05, 4.69) is 34.8 Å². The van der Waals surface area contributed by atoms with Gasteiger partial charge in [-0.15, -0.1) is 0 Å². The molecule has 0 radical (unpaired) electrons. The summed E-state index contributed by atoms with van der Waals surface area (Å²) in [6, 6.07) is 7.96. The van der Waals surface area contributed by atoms with Crippen molar-refractivity contribution in [2.24, 2.45) is 5.92 Å². The van der Waals surface area contributed by atoms with E-state index >= 15 is 0 Å². The molecule has 2 aromatic rings. The fourth-order valence-electron chi connectivity index (χ4n) is 1.73. The van der Waals surface area contributed by atoms with Gasteiger partial charge in [0, 0.05) is 15.6 Å². The van der Waals surface area contributed by atoms with Crippen LogP contribution >= 0.6 is 27.5 Å². The lowest BCUT2D eigenvalue weighted by atomic mass is 10.1. The molecule has 0 aliphatic rings. The van der Waals surface area contributed by atoms with Gasteiger partial charge in [-0.25, -0.2) is 0 Å². The van der Waals surface area contributed by atoms with Crippen LogP contribution in [0.5, 0.6) is 0 Å². The molecule has 3 heteroatoms. The quantitative estimate of drug-likeness (QED) is 0.772. The standard InChI is InChI=1S/C13H13BrClN/c1-8(2)5-10-7-12(15)11-6-9(14)3-4-13(11)16-10/h3-4,6-8H,5H2,1-2H3. The van der Waals surface area contributed by atoms with Crippen LogP contribution in [0.2, 0.25) is 5.02 Å². The molecule has 0 atom stereocenters. The number of rotatable bonds is 2. The van der Waals surface area contributed by atoms with Gasteiger partial charge in [-0.05, 0) is 36.6 Å². The maximum absolute atomic E-state index is 6.26. The number of benzene rings is 1. The van der Waals surface area contributed by atoms with E-state index in [0.29, 0.717) is 5.92 Å². The molecule has 84 valence electrons. The molecular weight excluding hydrogens is 286 g/mol. The summed E-state index contributed by atoms with van der Waals surface area (Å²) in [5, 5.41) is 1.78. The zero-order valence-electron chi connectivity index (χ0n) is 9.30. The van der Waals surface area contributed by atoms with Crippen LogP contribution in [0, 0.1) is 5.92 Å². The van der Waals surface area contributed by atoms with Crippen LogP contribution in [0.4, 0.5) is 0 Å². The highest BCUT2D eigenvalue weighted by Gasteiger charge is 2.06. The Morgan fingerprint density at radius 3 is 2.75 bits per heavy atom. The van der Waals surface area contributed by atoms with Crippen LogP contribution < -0.4 is 0 Å². The van der Waals surface area contributed by atoms with Crippen LogP contribution in [0.15, 0.2) is 28.7 Å². The van der Waals surface area contributed by atoms with Gasteiger partial charge in [0.05, 0.1) is 10.5 Å². The van der Waals surface area contributed by atoms with Crippen molar-refractivity contribution in [3.63, 3.8) is 0 Å². The second-order valence-electron chi connectivity index (χ2n) is 4.35. The third kappa shape index (κ3) is 2.55. The van der Waals surface area contributed by atoms with E-state index in [1.807, 2.05) is 24.3 Å². The van der Waals surface area contributed by atoms with E-state index in [4.69, 9.17) is 11.6 Å². The number of halogens is 2. The Labute approximate surface area is 109 Å². The molecule has 0 aliphatic carbocycles. The minimum atomic E-state index is 0.594. The van der Waals surface area contributed by atoms with Crippen molar-refractivity contribution in [3.05, 3.63) is 39.5 Å². The number of fused-ring (bicyclic) bond motifs is 1. The van der Waals surface area contributed by atoms with Crippen molar-refractivity contribution in [3.8, 4) is 0 Å². The third-order valence-corrected chi connectivity index (χ3v) is 3.20. The lowest BCUT2D eigenvalue weighted by Gasteiger charge is -2.07. The van der Waals surface area contributed by atoms with Gasteiger partial charge in [-0.3, -0.25) is 4.98 Å². The maximum atomic E-state index is 6.26. The summed E-state index contributed by atoms with van der Waals surface area (Å²) in [6.07, 6.45) is 0.964. The van der Waals surface area contributed by atoms with Crippen molar-refractivity contribution < 1.29 is 0 Å². The molecule has 1 nitrogen and oxygen atoms in total. The summed E-state index contributed by atoms with van der Waals surface area (Å²) in [4.78, 5) is 4.61. The first-order valence-corrected chi connectivity index (χ1v) is 6.48. The average molecular weight is 299 g/mol. The van der Waals surface area contributed by atoms with Crippen molar-refractivity contribution in [1.29, 1.82) is 0 Å². The maximum Gasteiger partial charge on any atom is 0.0721 e. The van der Waals surface area contributed by atoms with Gasteiger partial charge >= 0.3 is 0 Å². The molecule has 0 saturated heterocycles. The first-order valence-electron chi connectivity index (χ1n) is 5.31. The largest absolute Gasteiger partial charge is 0.253 e. The van der Waals surface area contributed by atoms with Crippen LogP contribution in [-0.2, 0) is 6.42 Å². The van der Waals surface area contributed by atoms with Gasteiger partial charge in [0.1, 0.15) is 0 Å². The Bertz CT molecular complexity index is 523. The average Bonchev–Trinajstić information content (AvgIpc) is 2.18. The van der Waals surface area contributed by atoms with E-state index in [0.717, 1.165) is 32.5 Å². The van der Waals surface area contributed by atoms with E-state index < -0.39 is 0 Å². The van der Waals surface area contributed by atoms with E-state index in [9.17, 15) is 0 Å². The van der Waals surface area contributed by atoms with Crippen LogP contribution in [0.25, 0.3) is 10.9 Å². The molecule has 0 unspecified atom stereocenters. The van der Waals surface area contributed by atoms with Gasteiger partial charge in [0.15, 0.2) is 0 Å². The molecule has 0 aliphatic heterocycles. The molecule has 16 heavy (non-hydrogen) atoms. The third-order valence-electron chi connectivity index (χ3n) is 2.39. The number of hydrogen-bond donors (Lipinski definition) is 0. The van der Waals surface area contributed by atoms with Gasteiger partial charge in [-0.1, -0.05) is 41.4 Å². The first-order chi connectivity index (χ1) is 7.56. The van der Waals surface area contributed by atoms with Gasteiger partial charge in [-0.2, -0.15) is 0 Å². The fraction of sp³-hybridized carbons (Fsp3) is 0.308. The van der Waals surface area contributed by atoms with Crippen molar-refractivity contribution in [1.82, 2.24) is 4.98 Å². The molecule has 1 heterocycles. The molecule has 2 rings (SSSR count). The predicted octanol–water partition coefficient (Wildman–Crippen LogP) is 4.85. The van der Waals surface area contributed by atoms with Gasteiger partial charge < -0.3 is 0 Å². The summed E-state index contributed by atoms with van der Waals surface area (Å²) in [5.74, 6) is 0.594. The lowest BCUT2D eigenvalue weighted by Crippen LogP contribution is -1.97. The predicted molar refractivity (Wildman–Crippen MR) is 73.0 cm³/mol. The minimum Gasteiger partial charge on any atom is -0.253 e. The Morgan fingerprint density at radius 1 is 1.31 bits per heavy atom. The molecule has 0 bridgehead atoms. The summed E-state index contributed by atoms with van der Waals surface area (Å²) in [5.41, 5.74) is 2.03. The van der Waals surface area contributed by atoms with E-state index in [-0.39, 0.29) is 0 Å². The molecule has 0 fully saturated rings. The molecule has 1 aromatic carbocycles. The van der Waals surface area contributed by atoms with Crippen LogP contribution in [0.3, 0.4) is 0 Å². The summed E-state index contributed by atoms with van der Waals surface area (Å²) in [7, 11) is 0. The smallest absolute Gasteiger partial charge is 0.0721 e. The molecule has 0 saturated carbocycles. The van der Waals surface area contributed by atoms with Crippen molar-refractivity contribution in [2.75, 3.05) is 0 Å². The second-order valence-corrected chi connectivity index (χ2v) is 5.68. The first kappa shape index (κ1) is 11.9. The van der Waals surface area contributed by atoms with Crippen molar-refractivity contribution in [2.45, 2.75) is 20.3 Å². The number of pyridine rings is 1. The Kier molecular flexibility index (Phi) is 3.50. The minimum absolute atomic E-state index is 0.594. The molecule has 1 aromatic heterocycles. The highest BCUT2D eigenvalue weighted by Crippen LogP contribution is 2.26. The Balaban J connectivity index is 2.55. The number of aromatic nitrogens is 1. The van der Waals surface area contributed by atoms with E-state index in [1.54, 1.807) is 0 Å². The topological polar surface area (TPSA) is 12.9 Å². The highest BCUT2D eigenvalue weighted by atomic mass is 79.9. The zero-order valence-corrected chi connectivity index (χ0v) is 11.6. The van der Waals surface area contributed by atoms with Gasteiger partial charge in [0.25, 0.3) is 0 Å². The summed E-state index contributed by atoms with van der Waals surface area (Å²) < 4.78 is 1.03. The molecule has 0 N–H and O–H groups in total. The second kappa shape index (κ2) is 4.72. The SMILES string of the molecule is CC(C)Cc1cc(Cl)c2cc(Br)ccc2n1. The number of hydrogen-bond acceptors (Lipinski definition) is 1. The molecule has 0 spiro atoms. The number of nitrogens with zero attached hydrogens (tertiary/aromatic N) is 1. The highest BCUT2D eigenvalue weighted by molar-refractivity contribution is 9.10. The normalized spacial score (nSPS) is 11.3. The van der Waals surface area contributed by atoms with Crippen molar-refractivity contribution >= 4 is 38.4 Å². The van der Waals surface area contributed by atoms with E-state index in [1.165, 1.54) is 0 Å². The Morgan fingerprint density at radius 2 is 2.06 bits per heavy atom. The summed E-state index contributed by atoms with van der Waals surface area (Å²) in [6.45, 7) is 4.36.